The van der Waals surface area contributed by atoms with Gasteiger partial charge in [0, 0.05) is 13.6 Å². The Morgan fingerprint density at radius 2 is 1.84 bits per heavy atom. The molecule has 0 fully saturated rings. The predicted octanol–water partition coefficient (Wildman–Crippen LogP) is 3.75. The van der Waals surface area contributed by atoms with Gasteiger partial charge in [-0.1, -0.05) is 18.2 Å². The number of carbonyl (C=O) groups is 1. The monoisotopic (exact) mass is 346 g/mol. The number of halogens is 1. The number of ether oxygens (including phenoxy) is 2. The van der Waals surface area contributed by atoms with Crippen LogP contribution in [0.25, 0.3) is 0 Å². The molecule has 0 aliphatic heterocycles. The molecule has 2 aromatic rings. The van der Waals surface area contributed by atoms with Crippen LogP contribution >= 0.6 is 0 Å². The van der Waals surface area contributed by atoms with Gasteiger partial charge in [-0.3, -0.25) is 0 Å². The number of benzene rings is 2. The van der Waals surface area contributed by atoms with E-state index in [-0.39, 0.29) is 17.8 Å². The second-order valence-electron chi connectivity index (χ2n) is 5.77. The van der Waals surface area contributed by atoms with Crippen LogP contribution in [-0.4, -0.2) is 32.2 Å². The lowest BCUT2D eigenvalue weighted by molar-refractivity contribution is 0.203. The average Bonchev–Trinajstić information content (AvgIpc) is 2.62. The minimum Gasteiger partial charge on any atom is -0.497 e. The van der Waals surface area contributed by atoms with E-state index in [2.05, 4.69) is 5.32 Å². The smallest absolute Gasteiger partial charge is 0.317 e. The van der Waals surface area contributed by atoms with Crippen LogP contribution in [0.3, 0.4) is 0 Å². The van der Waals surface area contributed by atoms with Gasteiger partial charge in [-0.05, 0) is 42.3 Å². The van der Waals surface area contributed by atoms with E-state index in [1.807, 2.05) is 24.3 Å². The van der Waals surface area contributed by atoms with Crippen molar-refractivity contribution in [3.05, 3.63) is 59.4 Å². The van der Waals surface area contributed by atoms with E-state index >= 15 is 0 Å². The number of urea groups is 1. The molecule has 134 valence electrons. The van der Waals surface area contributed by atoms with Crippen molar-refractivity contribution < 1.29 is 18.7 Å². The summed E-state index contributed by atoms with van der Waals surface area (Å²) in [5, 5.41) is 2.86. The van der Waals surface area contributed by atoms with Crippen molar-refractivity contribution >= 4 is 6.03 Å². The maximum absolute atomic E-state index is 13.8. The maximum Gasteiger partial charge on any atom is 0.317 e. The second kappa shape index (κ2) is 8.37. The number of nitrogens with one attached hydrogen (secondary N) is 1. The number of hydrogen-bond acceptors (Lipinski definition) is 3. The largest absolute Gasteiger partial charge is 0.497 e. The first-order valence-electron chi connectivity index (χ1n) is 7.92. The molecule has 0 aromatic heterocycles. The van der Waals surface area contributed by atoms with Crippen LogP contribution in [0.2, 0.25) is 0 Å². The van der Waals surface area contributed by atoms with Gasteiger partial charge in [-0.2, -0.15) is 0 Å². The summed E-state index contributed by atoms with van der Waals surface area (Å²) in [5.41, 5.74) is 1.66. The quantitative estimate of drug-likeness (QED) is 0.867. The molecular formula is C19H23FN2O3. The molecular weight excluding hydrogens is 323 g/mol. The Bertz CT molecular complexity index is 719. The molecule has 25 heavy (non-hydrogen) atoms. The van der Waals surface area contributed by atoms with Gasteiger partial charge in [-0.15, -0.1) is 0 Å². The zero-order chi connectivity index (χ0) is 18.4. The van der Waals surface area contributed by atoms with E-state index in [1.165, 1.54) is 13.2 Å². The summed E-state index contributed by atoms with van der Waals surface area (Å²) < 4.78 is 23.8. The Labute approximate surface area is 147 Å². The standard InChI is InChI=1S/C19H23FN2O3/c1-13(15-7-10-18(25-4)17(20)11-15)21-19(23)22(2)12-14-5-8-16(24-3)9-6-14/h5-11,13H,12H2,1-4H3,(H,21,23). The zero-order valence-electron chi connectivity index (χ0n) is 14.9. The van der Waals surface area contributed by atoms with Gasteiger partial charge in [-0.25, -0.2) is 9.18 Å². The maximum atomic E-state index is 13.8. The minimum absolute atomic E-state index is 0.180. The summed E-state index contributed by atoms with van der Waals surface area (Å²) in [6.07, 6.45) is 0. The van der Waals surface area contributed by atoms with Gasteiger partial charge >= 0.3 is 6.03 Å². The van der Waals surface area contributed by atoms with Crippen LogP contribution in [0.5, 0.6) is 11.5 Å². The first kappa shape index (κ1) is 18.6. The molecule has 1 N–H and O–H groups in total. The van der Waals surface area contributed by atoms with Gasteiger partial charge in [0.15, 0.2) is 11.6 Å². The van der Waals surface area contributed by atoms with Crippen molar-refractivity contribution in [2.45, 2.75) is 19.5 Å². The molecule has 2 amide bonds. The summed E-state index contributed by atoms with van der Waals surface area (Å²) in [6, 6.07) is 11.6. The van der Waals surface area contributed by atoms with Gasteiger partial charge in [0.05, 0.1) is 20.3 Å². The number of nitrogens with zero attached hydrogens (tertiary/aromatic N) is 1. The van der Waals surface area contributed by atoms with E-state index < -0.39 is 5.82 Å². The summed E-state index contributed by atoms with van der Waals surface area (Å²) in [5.74, 6) is 0.498. The highest BCUT2D eigenvalue weighted by molar-refractivity contribution is 5.74. The second-order valence-corrected chi connectivity index (χ2v) is 5.77. The normalized spacial score (nSPS) is 11.6. The Balaban J connectivity index is 1.96. The van der Waals surface area contributed by atoms with Crippen LogP contribution in [0.4, 0.5) is 9.18 Å². The Morgan fingerprint density at radius 1 is 1.16 bits per heavy atom. The Kier molecular flexibility index (Phi) is 6.22. The number of methoxy groups -OCH3 is 2. The molecule has 0 bridgehead atoms. The number of amides is 2. The topological polar surface area (TPSA) is 50.8 Å². The molecule has 0 saturated carbocycles. The lowest BCUT2D eigenvalue weighted by Crippen LogP contribution is -2.38. The van der Waals surface area contributed by atoms with Gasteiger partial charge < -0.3 is 19.7 Å². The molecule has 5 nitrogen and oxygen atoms in total. The van der Waals surface area contributed by atoms with Gasteiger partial charge in [0.1, 0.15) is 5.75 Å². The van der Waals surface area contributed by atoms with E-state index in [9.17, 15) is 9.18 Å². The van der Waals surface area contributed by atoms with E-state index in [0.717, 1.165) is 11.3 Å². The molecule has 0 heterocycles. The van der Waals surface area contributed by atoms with Crippen molar-refractivity contribution in [1.82, 2.24) is 10.2 Å². The third-order valence-electron chi connectivity index (χ3n) is 3.94. The highest BCUT2D eigenvalue weighted by Crippen LogP contribution is 2.22. The van der Waals surface area contributed by atoms with Crippen LogP contribution in [-0.2, 0) is 6.54 Å². The lowest BCUT2D eigenvalue weighted by atomic mass is 10.1. The highest BCUT2D eigenvalue weighted by Gasteiger charge is 2.15. The van der Waals surface area contributed by atoms with Crippen LogP contribution in [0.15, 0.2) is 42.5 Å². The molecule has 0 aliphatic rings. The molecule has 0 saturated heterocycles. The first-order valence-corrected chi connectivity index (χ1v) is 7.92. The predicted molar refractivity (Wildman–Crippen MR) is 94.4 cm³/mol. The third-order valence-corrected chi connectivity index (χ3v) is 3.94. The molecule has 1 unspecified atom stereocenters. The lowest BCUT2D eigenvalue weighted by Gasteiger charge is -2.22. The van der Waals surface area contributed by atoms with E-state index in [0.29, 0.717) is 12.1 Å². The summed E-state index contributed by atoms with van der Waals surface area (Å²) in [7, 11) is 4.73. The van der Waals surface area contributed by atoms with Crippen LogP contribution in [0, 0.1) is 5.82 Å². The summed E-state index contributed by atoms with van der Waals surface area (Å²) in [6.45, 7) is 2.26. The SMILES string of the molecule is COc1ccc(CN(C)C(=O)NC(C)c2ccc(OC)c(F)c2)cc1. The summed E-state index contributed by atoms with van der Waals surface area (Å²) >= 11 is 0. The average molecular weight is 346 g/mol. The fourth-order valence-corrected chi connectivity index (χ4v) is 2.41. The minimum atomic E-state index is -0.451. The van der Waals surface area contributed by atoms with Crippen LogP contribution < -0.4 is 14.8 Å². The highest BCUT2D eigenvalue weighted by atomic mass is 19.1. The Hall–Kier alpha value is -2.76. The molecule has 0 aliphatic carbocycles. The molecule has 1 atom stereocenters. The van der Waals surface area contributed by atoms with E-state index in [4.69, 9.17) is 9.47 Å². The Morgan fingerprint density at radius 3 is 2.40 bits per heavy atom. The molecule has 6 heteroatoms. The number of carbonyl (C=O) groups excluding carboxylic acids is 1. The van der Waals surface area contributed by atoms with Crippen LogP contribution in [0.1, 0.15) is 24.1 Å². The zero-order valence-corrected chi connectivity index (χ0v) is 14.9. The van der Waals surface area contributed by atoms with E-state index in [1.54, 1.807) is 38.1 Å². The van der Waals surface area contributed by atoms with Crippen molar-refractivity contribution in [1.29, 1.82) is 0 Å². The fraction of sp³-hybridized carbons (Fsp3) is 0.316. The number of hydrogen-bond donors (Lipinski definition) is 1. The van der Waals surface area contributed by atoms with Crippen molar-refractivity contribution in [3.8, 4) is 11.5 Å². The molecule has 0 spiro atoms. The molecule has 2 rings (SSSR count). The molecule has 2 aromatic carbocycles. The molecule has 0 radical (unpaired) electrons. The fourth-order valence-electron chi connectivity index (χ4n) is 2.41. The third kappa shape index (κ3) is 4.86. The van der Waals surface area contributed by atoms with Gasteiger partial charge in [0.2, 0.25) is 0 Å². The summed E-state index contributed by atoms with van der Waals surface area (Å²) in [4.78, 5) is 13.9. The first-order chi connectivity index (χ1) is 11.9. The van der Waals surface area contributed by atoms with Gasteiger partial charge in [0.25, 0.3) is 0 Å². The van der Waals surface area contributed by atoms with Crippen molar-refractivity contribution in [2.24, 2.45) is 0 Å². The van der Waals surface area contributed by atoms with Crippen molar-refractivity contribution in [2.75, 3.05) is 21.3 Å². The van der Waals surface area contributed by atoms with Crippen molar-refractivity contribution in [3.63, 3.8) is 0 Å². The number of rotatable bonds is 6.